The van der Waals surface area contributed by atoms with Gasteiger partial charge >= 0.3 is 0 Å². The molecule has 0 spiro atoms. The molecule has 1 saturated carbocycles. The molecule has 138 valence electrons. The molecular formula is C18H23F2NO3S. The summed E-state index contributed by atoms with van der Waals surface area (Å²) in [5, 5.41) is 0. The Bertz CT molecular complexity index is 752. The lowest BCUT2D eigenvalue weighted by atomic mass is 9.77. The van der Waals surface area contributed by atoms with Crippen LogP contribution >= 0.6 is 0 Å². The van der Waals surface area contributed by atoms with Gasteiger partial charge in [-0.15, -0.1) is 0 Å². The summed E-state index contributed by atoms with van der Waals surface area (Å²) in [6.45, 7) is 0.359. The first-order valence-electron chi connectivity index (χ1n) is 8.64. The molecule has 1 atom stereocenters. The number of halogens is 2. The maximum absolute atomic E-state index is 13.7. The number of benzene rings is 1. The van der Waals surface area contributed by atoms with Gasteiger partial charge < -0.3 is 4.90 Å². The number of amides is 1. The number of carbonyl (C=O) groups excluding carboxylic acids is 1. The average Bonchev–Trinajstić information content (AvgIpc) is 3.13. The number of hydrogen-bond donors (Lipinski definition) is 0. The molecule has 1 heterocycles. The van der Waals surface area contributed by atoms with E-state index in [-0.39, 0.29) is 23.3 Å². The maximum atomic E-state index is 13.7. The summed E-state index contributed by atoms with van der Waals surface area (Å²) in [6.07, 6.45) is 3.33. The first kappa shape index (κ1) is 18.3. The van der Waals surface area contributed by atoms with E-state index in [1.807, 2.05) is 0 Å². The molecule has 1 amide bonds. The zero-order valence-corrected chi connectivity index (χ0v) is 15.1. The fourth-order valence-corrected chi connectivity index (χ4v) is 6.14. The summed E-state index contributed by atoms with van der Waals surface area (Å²) >= 11 is 0. The minimum Gasteiger partial charge on any atom is -0.345 e. The Morgan fingerprint density at radius 3 is 2.32 bits per heavy atom. The smallest absolute Gasteiger partial charge is 0.232 e. The highest BCUT2D eigenvalue weighted by atomic mass is 32.2. The van der Waals surface area contributed by atoms with E-state index in [1.54, 1.807) is 11.9 Å². The van der Waals surface area contributed by atoms with Crippen LogP contribution in [-0.4, -0.2) is 44.3 Å². The van der Waals surface area contributed by atoms with Gasteiger partial charge in [0.2, 0.25) is 5.91 Å². The molecule has 0 aromatic heterocycles. The Labute approximate surface area is 147 Å². The molecule has 2 aliphatic rings. The lowest BCUT2D eigenvalue weighted by Crippen LogP contribution is -2.45. The topological polar surface area (TPSA) is 54.5 Å². The molecule has 1 aliphatic heterocycles. The van der Waals surface area contributed by atoms with Gasteiger partial charge in [-0.05, 0) is 42.9 Å². The van der Waals surface area contributed by atoms with E-state index in [0.29, 0.717) is 31.4 Å². The van der Waals surface area contributed by atoms with E-state index < -0.39 is 26.9 Å². The first-order chi connectivity index (χ1) is 11.7. The lowest BCUT2D eigenvalue weighted by molar-refractivity contribution is -0.136. The van der Waals surface area contributed by atoms with Crippen LogP contribution < -0.4 is 0 Å². The minimum atomic E-state index is -3.00. The van der Waals surface area contributed by atoms with Crippen LogP contribution in [0.4, 0.5) is 8.78 Å². The van der Waals surface area contributed by atoms with Crippen molar-refractivity contribution in [2.24, 2.45) is 5.92 Å². The summed E-state index contributed by atoms with van der Waals surface area (Å²) in [4.78, 5) is 14.7. The van der Waals surface area contributed by atoms with Gasteiger partial charge in [-0.3, -0.25) is 4.79 Å². The van der Waals surface area contributed by atoms with Crippen molar-refractivity contribution in [1.29, 1.82) is 0 Å². The monoisotopic (exact) mass is 371 g/mol. The van der Waals surface area contributed by atoms with Crippen molar-refractivity contribution in [3.63, 3.8) is 0 Å². The SMILES string of the molecule is CN(CC1CCS(=O)(=O)C1)C(=O)C1(c2cc(F)cc(F)c2)CCCC1. The van der Waals surface area contributed by atoms with Crippen LogP contribution in [0.15, 0.2) is 18.2 Å². The predicted octanol–water partition coefficient (Wildman–Crippen LogP) is 2.67. The summed E-state index contributed by atoms with van der Waals surface area (Å²) in [5.74, 6) is -1.33. The largest absolute Gasteiger partial charge is 0.345 e. The van der Waals surface area contributed by atoms with Crippen LogP contribution in [0.25, 0.3) is 0 Å². The van der Waals surface area contributed by atoms with Crippen LogP contribution in [0.2, 0.25) is 0 Å². The number of nitrogens with zero attached hydrogens (tertiary/aromatic N) is 1. The van der Waals surface area contributed by atoms with Crippen molar-refractivity contribution in [2.75, 3.05) is 25.1 Å². The summed E-state index contributed by atoms with van der Waals surface area (Å²) in [5.41, 5.74) is -0.520. The molecule has 1 aliphatic carbocycles. The van der Waals surface area contributed by atoms with Gasteiger partial charge in [0.1, 0.15) is 11.6 Å². The summed E-state index contributed by atoms with van der Waals surface area (Å²) in [6, 6.07) is 3.31. The van der Waals surface area contributed by atoms with Gasteiger partial charge in [0.05, 0.1) is 16.9 Å². The molecule has 0 bridgehead atoms. The fourth-order valence-electron chi connectivity index (χ4n) is 4.29. The Hall–Kier alpha value is -1.50. The van der Waals surface area contributed by atoms with E-state index in [1.165, 1.54) is 12.1 Å². The lowest BCUT2D eigenvalue weighted by Gasteiger charge is -2.34. The second-order valence-electron chi connectivity index (χ2n) is 7.40. The molecule has 1 aromatic carbocycles. The van der Waals surface area contributed by atoms with E-state index >= 15 is 0 Å². The summed E-state index contributed by atoms with van der Waals surface area (Å²) < 4.78 is 50.6. The fraction of sp³-hybridized carbons (Fsp3) is 0.611. The molecule has 3 rings (SSSR count). The van der Waals surface area contributed by atoms with Crippen LogP contribution in [0, 0.1) is 17.6 Å². The van der Waals surface area contributed by atoms with Crippen molar-refractivity contribution in [2.45, 2.75) is 37.5 Å². The average molecular weight is 371 g/mol. The molecule has 1 aromatic rings. The second kappa shape index (κ2) is 6.67. The van der Waals surface area contributed by atoms with Crippen molar-refractivity contribution in [3.05, 3.63) is 35.4 Å². The molecule has 1 unspecified atom stereocenters. The van der Waals surface area contributed by atoms with Crippen LogP contribution in [-0.2, 0) is 20.0 Å². The Morgan fingerprint density at radius 2 is 1.80 bits per heavy atom. The normalized spacial score (nSPS) is 24.4. The van der Waals surface area contributed by atoms with Gasteiger partial charge in [0, 0.05) is 19.7 Å². The van der Waals surface area contributed by atoms with E-state index in [9.17, 15) is 22.0 Å². The Balaban J connectivity index is 1.83. The Morgan fingerprint density at radius 1 is 1.20 bits per heavy atom. The van der Waals surface area contributed by atoms with E-state index in [4.69, 9.17) is 0 Å². The van der Waals surface area contributed by atoms with Crippen molar-refractivity contribution >= 4 is 15.7 Å². The highest BCUT2D eigenvalue weighted by Crippen LogP contribution is 2.43. The highest BCUT2D eigenvalue weighted by molar-refractivity contribution is 7.91. The standard InChI is InChI=1S/C18H23F2NO3S/c1-21(11-13-4-7-25(23,24)12-13)17(22)18(5-2-3-6-18)14-8-15(19)10-16(20)9-14/h8-10,13H,2-7,11-12H2,1H3. The third-order valence-electron chi connectivity index (χ3n) is 5.49. The number of hydrogen-bond acceptors (Lipinski definition) is 3. The van der Waals surface area contributed by atoms with Gasteiger partial charge in [0.25, 0.3) is 0 Å². The minimum absolute atomic E-state index is 0.0679. The molecule has 1 saturated heterocycles. The Kier molecular flexibility index (Phi) is 4.88. The molecule has 0 N–H and O–H groups in total. The van der Waals surface area contributed by atoms with Gasteiger partial charge in [-0.25, -0.2) is 17.2 Å². The van der Waals surface area contributed by atoms with Crippen molar-refractivity contribution in [1.82, 2.24) is 4.90 Å². The number of carbonyl (C=O) groups is 1. The van der Waals surface area contributed by atoms with Crippen molar-refractivity contribution in [3.8, 4) is 0 Å². The molecule has 7 heteroatoms. The van der Waals surface area contributed by atoms with E-state index in [2.05, 4.69) is 0 Å². The number of likely N-dealkylation sites (N-methyl/N-ethyl adjacent to an activating group) is 1. The zero-order valence-electron chi connectivity index (χ0n) is 14.3. The predicted molar refractivity (Wildman–Crippen MR) is 90.9 cm³/mol. The summed E-state index contributed by atoms with van der Waals surface area (Å²) in [7, 11) is -1.35. The van der Waals surface area contributed by atoms with Gasteiger partial charge in [-0.1, -0.05) is 12.8 Å². The molecule has 25 heavy (non-hydrogen) atoms. The molecule has 4 nitrogen and oxygen atoms in total. The third-order valence-corrected chi connectivity index (χ3v) is 7.32. The van der Waals surface area contributed by atoms with Crippen LogP contribution in [0.3, 0.4) is 0 Å². The molecule has 2 fully saturated rings. The van der Waals surface area contributed by atoms with Crippen LogP contribution in [0.1, 0.15) is 37.7 Å². The van der Waals surface area contributed by atoms with Gasteiger partial charge in [0.15, 0.2) is 9.84 Å². The van der Waals surface area contributed by atoms with Crippen molar-refractivity contribution < 1.29 is 22.0 Å². The maximum Gasteiger partial charge on any atom is 0.232 e. The third kappa shape index (κ3) is 3.71. The highest BCUT2D eigenvalue weighted by Gasteiger charge is 2.45. The quantitative estimate of drug-likeness (QED) is 0.818. The molecule has 0 radical (unpaired) electrons. The molecular weight excluding hydrogens is 348 g/mol. The van der Waals surface area contributed by atoms with E-state index in [0.717, 1.165) is 18.9 Å². The number of rotatable bonds is 4. The van der Waals surface area contributed by atoms with Gasteiger partial charge in [-0.2, -0.15) is 0 Å². The first-order valence-corrected chi connectivity index (χ1v) is 10.5. The number of sulfone groups is 1. The zero-order chi connectivity index (χ0) is 18.2. The second-order valence-corrected chi connectivity index (χ2v) is 9.63. The van der Waals surface area contributed by atoms with Crippen LogP contribution in [0.5, 0.6) is 0 Å².